The van der Waals surface area contributed by atoms with Crippen LogP contribution in [0.4, 0.5) is 0 Å². The Hall–Kier alpha value is 0.620. The third kappa shape index (κ3) is 5.86. The smallest absolute Gasteiger partial charge is 0.235 e. The lowest BCUT2D eigenvalue weighted by molar-refractivity contribution is -0.140. The summed E-state index contributed by atoms with van der Waals surface area (Å²) in [7, 11) is 0. The number of alkyl halides is 4. The highest BCUT2D eigenvalue weighted by molar-refractivity contribution is 6.52. The molecule has 3 rings (SSSR count). The highest BCUT2D eigenvalue weighted by atomic mass is 35.5. The quantitative estimate of drug-likeness (QED) is 0.108. The highest BCUT2D eigenvalue weighted by Crippen LogP contribution is 2.69. The largest absolute Gasteiger partial charge is 0.282 e. The van der Waals surface area contributed by atoms with Gasteiger partial charge in [-0.05, 0) is 25.7 Å². The molecule has 0 aromatic heterocycles. The summed E-state index contributed by atoms with van der Waals surface area (Å²) in [5, 5.41) is 0.419. The van der Waals surface area contributed by atoms with Crippen LogP contribution < -0.4 is 0 Å². The minimum Gasteiger partial charge on any atom is -0.282 e. The first-order chi connectivity index (χ1) is 16.0. The zero-order chi connectivity index (χ0) is 25.1. The lowest BCUT2D eigenvalue weighted by atomic mass is 9.84. The monoisotopic (exact) mass is 591 g/mol. The molecule has 1 saturated heterocycles. The summed E-state index contributed by atoms with van der Waals surface area (Å²) in [5.74, 6) is -2.03. The minimum atomic E-state index is -1.17. The van der Waals surface area contributed by atoms with Crippen LogP contribution in [-0.2, 0) is 9.59 Å². The molecule has 1 heterocycles. The summed E-state index contributed by atoms with van der Waals surface area (Å²) in [6.45, 7) is 2.59. The van der Waals surface area contributed by atoms with Crippen LogP contribution in [-0.4, -0.2) is 37.3 Å². The molecule has 1 aliphatic heterocycles. The number of carbonyl (C=O) groups excluding carboxylic acids is 2. The second-order valence-corrected chi connectivity index (χ2v) is 13.9. The maximum Gasteiger partial charge on any atom is 0.235 e. The first kappa shape index (κ1) is 29.2. The molecule has 2 fully saturated rings. The van der Waals surface area contributed by atoms with E-state index in [1.807, 2.05) is 0 Å². The van der Waals surface area contributed by atoms with E-state index in [9.17, 15) is 9.59 Å². The van der Waals surface area contributed by atoms with Gasteiger partial charge in [-0.3, -0.25) is 14.5 Å². The van der Waals surface area contributed by atoms with Gasteiger partial charge in [-0.1, -0.05) is 94.3 Å². The maximum absolute atomic E-state index is 13.0. The number of imide groups is 1. The van der Waals surface area contributed by atoms with Crippen LogP contribution in [0.25, 0.3) is 0 Å². The normalized spacial score (nSPS) is 30.7. The van der Waals surface area contributed by atoms with Gasteiger partial charge in [-0.2, -0.15) is 0 Å². The number of allylic oxidation sites excluding steroid dienone is 2. The predicted octanol–water partition coefficient (Wildman–Crippen LogP) is 8.91. The molecule has 0 spiro atoms. The van der Waals surface area contributed by atoms with Crippen LogP contribution in [0, 0.1) is 11.8 Å². The molecule has 4 atom stereocenters. The number of hydrogen-bond acceptors (Lipinski definition) is 2. The van der Waals surface area contributed by atoms with Crippen molar-refractivity contribution in [1.82, 2.24) is 4.90 Å². The van der Waals surface area contributed by atoms with Gasteiger partial charge >= 0.3 is 0 Å². The Morgan fingerprint density at radius 3 is 1.65 bits per heavy atom. The van der Waals surface area contributed by atoms with Crippen LogP contribution in [0.3, 0.4) is 0 Å². The number of halogens is 6. The van der Waals surface area contributed by atoms with E-state index >= 15 is 0 Å². The zero-order valence-electron chi connectivity index (χ0n) is 19.8. The third-order valence-corrected chi connectivity index (χ3v) is 10.9. The summed E-state index contributed by atoms with van der Waals surface area (Å²) < 4.78 is -0.637. The third-order valence-electron chi connectivity index (χ3n) is 7.64. The van der Waals surface area contributed by atoms with Crippen molar-refractivity contribution in [3.63, 3.8) is 0 Å². The summed E-state index contributed by atoms with van der Waals surface area (Å²) in [6, 6.07) is 0. The molecule has 3 aliphatic rings. The molecule has 34 heavy (non-hydrogen) atoms. The molecule has 194 valence electrons. The first-order valence-corrected chi connectivity index (χ1v) is 14.9. The zero-order valence-corrected chi connectivity index (χ0v) is 24.3. The van der Waals surface area contributed by atoms with E-state index in [0.29, 0.717) is 6.54 Å². The van der Waals surface area contributed by atoms with E-state index in [1.165, 1.54) is 37.0 Å². The van der Waals surface area contributed by atoms with E-state index < -0.39 is 25.9 Å². The number of nitrogens with zero attached hydrogens (tertiary/aromatic N) is 1. The fraction of sp³-hybridized carbons (Fsp3) is 0.840. The van der Waals surface area contributed by atoms with Gasteiger partial charge < -0.3 is 0 Å². The second-order valence-electron chi connectivity index (χ2n) is 10.2. The molecule has 2 amide bonds. The van der Waals surface area contributed by atoms with Crippen LogP contribution in [0.1, 0.15) is 96.8 Å². The Morgan fingerprint density at radius 1 is 0.765 bits per heavy atom. The van der Waals surface area contributed by atoms with Crippen molar-refractivity contribution in [3.8, 4) is 0 Å². The SMILES string of the molecule is CCCCCCCCC(Cl)(Cl)CCCCCCCN1C(=O)C2C(C1=O)C1(Cl)CC2(Cl)C(Cl)=C1Cl. The van der Waals surface area contributed by atoms with Gasteiger partial charge in [-0.15, -0.1) is 46.4 Å². The van der Waals surface area contributed by atoms with Gasteiger partial charge in [0.25, 0.3) is 0 Å². The van der Waals surface area contributed by atoms with Gasteiger partial charge in [0.15, 0.2) is 0 Å². The molecule has 0 radical (unpaired) electrons. The van der Waals surface area contributed by atoms with E-state index in [0.717, 1.165) is 51.4 Å². The number of hydrogen-bond donors (Lipinski definition) is 0. The second kappa shape index (κ2) is 12.0. The molecular weight excluding hydrogens is 559 g/mol. The van der Waals surface area contributed by atoms with Gasteiger partial charge in [-0.25, -0.2) is 0 Å². The van der Waals surface area contributed by atoms with Gasteiger partial charge in [0.1, 0.15) is 4.33 Å². The fourth-order valence-electron chi connectivity index (χ4n) is 5.73. The molecule has 3 nitrogen and oxygen atoms in total. The average molecular weight is 594 g/mol. The summed E-state index contributed by atoms with van der Waals surface area (Å²) in [6.07, 6.45) is 13.9. The molecule has 2 aliphatic carbocycles. The number of amides is 2. The number of likely N-dealkylation sites (tertiary alicyclic amines) is 1. The Bertz CT molecular complexity index is 760. The minimum absolute atomic E-state index is 0.209. The fourth-order valence-corrected chi connectivity index (χ4v) is 8.18. The van der Waals surface area contributed by atoms with Crippen molar-refractivity contribution in [2.24, 2.45) is 11.8 Å². The molecule has 1 saturated carbocycles. The molecule has 0 aromatic carbocycles. The Morgan fingerprint density at radius 2 is 1.18 bits per heavy atom. The topological polar surface area (TPSA) is 37.4 Å². The molecule has 2 bridgehead atoms. The Labute approximate surface area is 234 Å². The van der Waals surface area contributed by atoms with E-state index in [-0.39, 0.29) is 28.3 Å². The Kier molecular flexibility index (Phi) is 10.3. The van der Waals surface area contributed by atoms with Crippen LogP contribution >= 0.6 is 69.6 Å². The lowest BCUT2D eigenvalue weighted by Gasteiger charge is -2.29. The van der Waals surface area contributed by atoms with Crippen molar-refractivity contribution >= 4 is 81.4 Å². The first-order valence-electron chi connectivity index (χ1n) is 12.7. The number of carbonyl (C=O) groups is 2. The van der Waals surface area contributed by atoms with Crippen molar-refractivity contribution in [3.05, 3.63) is 10.1 Å². The van der Waals surface area contributed by atoms with Crippen molar-refractivity contribution < 1.29 is 9.59 Å². The molecule has 9 heteroatoms. The lowest BCUT2D eigenvalue weighted by Crippen LogP contribution is -2.38. The van der Waals surface area contributed by atoms with Crippen LogP contribution in [0.15, 0.2) is 10.1 Å². The van der Waals surface area contributed by atoms with E-state index in [2.05, 4.69) is 6.92 Å². The summed E-state index contributed by atoms with van der Waals surface area (Å²) in [5.41, 5.74) is 0. The van der Waals surface area contributed by atoms with Crippen LogP contribution in [0.5, 0.6) is 0 Å². The van der Waals surface area contributed by atoms with Gasteiger partial charge in [0.2, 0.25) is 11.8 Å². The van der Waals surface area contributed by atoms with E-state index in [1.54, 1.807) is 0 Å². The number of unbranched alkanes of at least 4 members (excludes halogenated alkanes) is 9. The number of fused-ring (bicyclic) bond motifs is 5. The Balaban J connectivity index is 1.33. The average Bonchev–Trinajstić information content (AvgIpc) is 3.26. The van der Waals surface area contributed by atoms with Crippen molar-refractivity contribution in [1.29, 1.82) is 0 Å². The van der Waals surface area contributed by atoms with Gasteiger partial charge in [0.05, 0.1) is 31.6 Å². The maximum atomic E-state index is 13.0. The molecule has 0 N–H and O–H groups in total. The highest BCUT2D eigenvalue weighted by Gasteiger charge is 2.76. The van der Waals surface area contributed by atoms with Crippen molar-refractivity contribution in [2.45, 2.75) is 111 Å². The standard InChI is InChI=1S/C25H35Cl6NO2/c1-2-3-4-5-7-10-13-23(28,29)14-11-8-6-9-12-15-32-21(33)17-18(22(32)34)25(31)16-24(17,30)19(26)20(25)27/h17-18H,2-16H2,1H3. The van der Waals surface area contributed by atoms with Crippen molar-refractivity contribution in [2.75, 3.05) is 6.54 Å². The predicted molar refractivity (Wildman–Crippen MR) is 144 cm³/mol. The van der Waals surface area contributed by atoms with E-state index in [4.69, 9.17) is 69.6 Å². The van der Waals surface area contributed by atoms with Gasteiger partial charge in [0, 0.05) is 6.54 Å². The molecular formula is C25H35Cl6NO2. The summed E-state index contributed by atoms with van der Waals surface area (Å²) in [4.78, 5) is 25.0. The molecule has 4 unspecified atom stereocenters. The molecule has 0 aromatic rings. The van der Waals surface area contributed by atoms with Crippen LogP contribution in [0.2, 0.25) is 0 Å². The number of rotatable bonds is 15. The summed E-state index contributed by atoms with van der Waals surface area (Å²) >= 11 is 39.0.